The van der Waals surface area contributed by atoms with Gasteiger partial charge in [0.15, 0.2) is 0 Å². The van der Waals surface area contributed by atoms with Crippen molar-refractivity contribution < 1.29 is 14.7 Å². The van der Waals surface area contributed by atoms with Gasteiger partial charge in [0.05, 0.1) is 0 Å². The number of carbonyl (C=O) groups is 2. The molecule has 0 aromatic carbocycles. The summed E-state index contributed by atoms with van der Waals surface area (Å²) in [6.45, 7) is 3.32. The summed E-state index contributed by atoms with van der Waals surface area (Å²) < 4.78 is 0. The minimum Gasteiger partial charge on any atom is -0.481 e. The van der Waals surface area contributed by atoms with E-state index in [1.807, 2.05) is 11.8 Å². The molecular weight excluding hydrogens is 256 g/mol. The Morgan fingerprint density at radius 2 is 2.10 bits per heavy atom. The molecule has 0 atom stereocenters. The summed E-state index contributed by atoms with van der Waals surface area (Å²) in [5, 5.41) is 8.69. The molecule has 2 rings (SSSR count). The van der Waals surface area contributed by atoms with Gasteiger partial charge in [-0.1, -0.05) is 0 Å². The first kappa shape index (κ1) is 14.5. The van der Waals surface area contributed by atoms with Crippen molar-refractivity contribution in [3.63, 3.8) is 0 Å². The minimum absolute atomic E-state index is 0.0570. The fourth-order valence-corrected chi connectivity index (χ4v) is 2.64. The molecule has 0 radical (unpaired) electrons. The molecule has 20 heavy (non-hydrogen) atoms. The van der Waals surface area contributed by atoms with Crippen LogP contribution in [0.4, 0.5) is 0 Å². The Labute approximate surface area is 118 Å². The number of pyridine rings is 1. The average molecular weight is 276 g/mol. The van der Waals surface area contributed by atoms with E-state index in [-0.39, 0.29) is 12.3 Å². The average Bonchev–Trinajstić information content (AvgIpc) is 2.45. The van der Waals surface area contributed by atoms with Crippen LogP contribution in [0, 0.1) is 12.8 Å². The molecule has 1 fully saturated rings. The topological polar surface area (TPSA) is 70.5 Å². The molecule has 0 aliphatic carbocycles. The number of rotatable bonds is 4. The highest BCUT2D eigenvalue weighted by Gasteiger charge is 2.24. The van der Waals surface area contributed by atoms with Gasteiger partial charge >= 0.3 is 5.97 Å². The third-order valence-corrected chi connectivity index (χ3v) is 3.92. The molecule has 1 aliphatic rings. The van der Waals surface area contributed by atoms with E-state index in [2.05, 4.69) is 4.98 Å². The molecule has 5 heteroatoms. The highest BCUT2D eigenvalue weighted by molar-refractivity contribution is 5.95. The smallest absolute Gasteiger partial charge is 0.303 e. The van der Waals surface area contributed by atoms with Crippen LogP contribution >= 0.6 is 0 Å². The third kappa shape index (κ3) is 3.56. The van der Waals surface area contributed by atoms with Gasteiger partial charge in [0, 0.05) is 37.5 Å². The number of carboxylic acid groups (broad SMARTS) is 1. The number of aliphatic carboxylic acids is 1. The summed E-state index contributed by atoms with van der Waals surface area (Å²) in [6.07, 6.45) is 6.06. The van der Waals surface area contributed by atoms with Crippen LogP contribution in [-0.2, 0) is 4.79 Å². The molecule has 0 unspecified atom stereocenters. The zero-order valence-electron chi connectivity index (χ0n) is 11.7. The molecule has 0 bridgehead atoms. The molecule has 5 nitrogen and oxygen atoms in total. The Hall–Kier alpha value is -1.91. The summed E-state index contributed by atoms with van der Waals surface area (Å²) in [5.41, 5.74) is 1.61. The predicted octanol–water partition coefficient (Wildman–Crippen LogP) is 2.11. The minimum atomic E-state index is -0.740. The van der Waals surface area contributed by atoms with Crippen molar-refractivity contribution in [3.05, 3.63) is 29.6 Å². The van der Waals surface area contributed by atoms with Crippen molar-refractivity contribution in [2.24, 2.45) is 5.92 Å². The lowest BCUT2D eigenvalue weighted by molar-refractivity contribution is -0.137. The lowest BCUT2D eigenvalue weighted by Crippen LogP contribution is -2.38. The maximum Gasteiger partial charge on any atom is 0.303 e. The van der Waals surface area contributed by atoms with E-state index in [1.165, 1.54) is 0 Å². The molecule has 1 amide bonds. The standard InChI is InChI=1S/C15H20N2O3/c1-11-10-16-7-4-13(11)15(20)17-8-5-12(6-9-17)2-3-14(18)19/h4,7,10,12H,2-3,5-6,8-9H2,1H3,(H,18,19). The second kappa shape index (κ2) is 6.50. The Morgan fingerprint density at radius 1 is 1.40 bits per heavy atom. The lowest BCUT2D eigenvalue weighted by Gasteiger charge is -2.32. The Bertz CT molecular complexity index is 494. The molecule has 1 saturated heterocycles. The molecule has 1 aromatic rings. The quantitative estimate of drug-likeness (QED) is 0.914. The van der Waals surface area contributed by atoms with Crippen molar-refractivity contribution in [1.82, 2.24) is 9.88 Å². The second-order valence-electron chi connectivity index (χ2n) is 5.36. The highest BCUT2D eigenvalue weighted by atomic mass is 16.4. The van der Waals surface area contributed by atoms with Crippen LogP contribution in [0.1, 0.15) is 41.6 Å². The number of likely N-dealkylation sites (tertiary alicyclic amines) is 1. The molecule has 2 heterocycles. The SMILES string of the molecule is Cc1cnccc1C(=O)N1CCC(CCC(=O)O)CC1. The van der Waals surface area contributed by atoms with E-state index in [0.717, 1.165) is 18.4 Å². The Morgan fingerprint density at radius 3 is 2.70 bits per heavy atom. The normalized spacial score (nSPS) is 16.1. The lowest BCUT2D eigenvalue weighted by atomic mass is 9.92. The van der Waals surface area contributed by atoms with Gasteiger partial charge in [-0.15, -0.1) is 0 Å². The van der Waals surface area contributed by atoms with Crippen LogP contribution in [-0.4, -0.2) is 40.0 Å². The molecule has 1 aromatic heterocycles. The number of hydrogen-bond acceptors (Lipinski definition) is 3. The molecule has 0 spiro atoms. The number of aromatic nitrogens is 1. The summed E-state index contributed by atoms with van der Waals surface area (Å²) >= 11 is 0. The van der Waals surface area contributed by atoms with Crippen molar-refractivity contribution in [2.75, 3.05) is 13.1 Å². The van der Waals surface area contributed by atoms with E-state index in [1.54, 1.807) is 18.5 Å². The Balaban J connectivity index is 1.89. The van der Waals surface area contributed by atoms with E-state index in [0.29, 0.717) is 31.0 Å². The second-order valence-corrected chi connectivity index (χ2v) is 5.36. The first-order valence-electron chi connectivity index (χ1n) is 6.99. The van der Waals surface area contributed by atoms with Crippen molar-refractivity contribution >= 4 is 11.9 Å². The number of hydrogen-bond donors (Lipinski definition) is 1. The number of piperidine rings is 1. The van der Waals surface area contributed by atoms with Gasteiger partial charge in [-0.05, 0) is 43.7 Å². The van der Waals surface area contributed by atoms with Gasteiger partial charge in [-0.2, -0.15) is 0 Å². The number of carboxylic acids is 1. The van der Waals surface area contributed by atoms with Gasteiger partial charge in [-0.25, -0.2) is 0 Å². The highest BCUT2D eigenvalue weighted by Crippen LogP contribution is 2.23. The predicted molar refractivity (Wildman–Crippen MR) is 74.5 cm³/mol. The summed E-state index contributed by atoms with van der Waals surface area (Å²) in [6, 6.07) is 1.76. The first-order valence-corrected chi connectivity index (χ1v) is 6.99. The third-order valence-electron chi connectivity index (χ3n) is 3.92. The fraction of sp³-hybridized carbons (Fsp3) is 0.533. The van der Waals surface area contributed by atoms with Gasteiger partial charge in [-0.3, -0.25) is 14.6 Å². The van der Waals surface area contributed by atoms with E-state index >= 15 is 0 Å². The van der Waals surface area contributed by atoms with Gasteiger partial charge in [0.25, 0.3) is 5.91 Å². The first-order chi connectivity index (χ1) is 9.58. The van der Waals surface area contributed by atoms with E-state index in [4.69, 9.17) is 5.11 Å². The molecular formula is C15H20N2O3. The van der Waals surface area contributed by atoms with Crippen LogP contribution < -0.4 is 0 Å². The number of amides is 1. The van der Waals surface area contributed by atoms with Crippen molar-refractivity contribution in [1.29, 1.82) is 0 Å². The largest absolute Gasteiger partial charge is 0.481 e. The summed E-state index contributed by atoms with van der Waals surface area (Å²) in [7, 11) is 0. The summed E-state index contributed by atoms with van der Waals surface area (Å²) in [5.74, 6) is -0.258. The monoisotopic (exact) mass is 276 g/mol. The number of nitrogens with zero attached hydrogens (tertiary/aromatic N) is 2. The molecule has 108 valence electrons. The van der Waals surface area contributed by atoms with E-state index < -0.39 is 5.97 Å². The van der Waals surface area contributed by atoms with Crippen molar-refractivity contribution in [3.8, 4) is 0 Å². The zero-order valence-corrected chi connectivity index (χ0v) is 11.7. The van der Waals surface area contributed by atoms with E-state index in [9.17, 15) is 9.59 Å². The van der Waals surface area contributed by atoms with Gasteiger partial charge in [0.1, 0.15) is 0 Å². The number of carbonyl (C=O) groups excluding carboxylic acids is 1. The van der Waals surface area contributed by atoms with Gasteiger partial charge in [0.2, 0.25) is 0 Å². The van der Waals surface area contributed by atoms with Crippen LogP contribution in [0.2, 0.25) is 0 Å². The van der Waals surface area contributed by atoms with Crippen LogP contribution in [0.3, 0.4) is 0 Å². The maximum atomic E-state index is 12.4. The Kier molecular flexibility index (Phi) is 4.71. The zero-order chi connectivity index (χ0) is 14.5. The van der Waals surface area contributed by atoms with Gasteiger partial charge < -0.3 is 10.0 Å². The molecule has 1 aliphatic heterocycles. The summed E-state index contributed by atoms with van der Waals surface area (Å²) in [4.78, 5) is 28.8. The number of aryl methyl sites for hydroxylation is 1. The molecule has 0 saturated carbocycles. The fourth-order valence-electron chi connectivity index (χ4n) is 2.64. The maximum absolute atomic E-state index is 12.4. The van der Waals surface area contributed by atoms with Crippen molar-refractivity contribution in [2.45, 2.75) is 32.6 Å². The van der Waals surface area contributed by atoms with Crippen LogP contribution in [0.15, 0.2) is 18.5 Å². The molecule has 1 N–H and O–H groups in total. The van der Waals surface area contributed by atoms with Crippen LogP contribution in [0.25, 0.3) is 0 Å². The van der Waals surface area contributed by atoms with Crippen LogP contribution in [0.5, 0.6) is 0 Å².